The van der Waals surface area contributed by atoms with E-state index in [1.165, 1.54) is 0 Å². The van der Waals surface area contributed by atoms with Gasteiger partial charge in [-0.25, -0.2) is 0 Å². The van der Waals surface area contributed by atoms with Crippen molar-refractivity contribution in [2.45, 2.75) is 0 Å². The van der Waals surface area contributed by atoms with Crippen LogP contribution < -0.4 is 0 Å². The molecule has 0 saturated carbocycles. The molecule has 74 valence electrons. The number of benzene rings is 2. The molecule has 0 bridgehead atoms. The lowest BCUT2D eigenvalue weighted by Gasteiger charge is -2.04. The van der Waals surface area contributed by atoms with Crippen LogP contribution in [0.5, 0.6) is 0 Å². The topological polar surface area (TPSA) is 23.8 Å². The van der Waals surface area contributed by atoms with Crippen LogP contribution in [-0.4, -0.2) is 0 Å². The van der Waals surface area contributed by atoms with Gasteiger partial charge >= 0.3 is 0 Å². The Bertz CT molecular complexity index is 580. The number of hydrogen-bond acceptors (Lipinski definition) is 1. The molecule has 16 heavy (non-hydrogen) atoms. The van der Waals surface area contributed by atoms with Crippen molar-refractivity contribution in [1.82, 2.24) is 0 Å². The molecule has 0 heterocycles. The highest BCUT2D eigenvalue weighted by Gasteiger charge is 2.01. The average molecular weight is 203 g/mol. The minimum Gasteiger partial charge on any atom is -0.192 e. The van der Waals surface area contributed by atoms with E-state index in [0.717, 1.165) is 16.7 Å². The van der Waals surface area contributed by atoms with Gasteiger partial charge in [0.25, 0.3) is 0 Å². The Morgan fingerprint density at radius 2 is 1.62 bits per heavy atom. The molecule has 1 heteroatoms. The lowest BCUT2D eigenvalue weighted by Crippen LogP contribution is -1.83. The van der Waals surface area contributed by atoms with Gasteiger partial charge in [0, 0.05) is 5.56 Å². The molecule has 2 aromatic rings. The molecule has 0 aliphatic carbocycles. The van der Waals surface area contributed by atoms with Gasteiger partial charge in [0.1, 0.15) is 0 Å². The first-order valence-corrected chi connectivity index (χ1v) is 4.91. The molecule has 2 aromatic carbocycles. The number of terminal acetylenes is 1. The van der Waals surface area contributed by atoms with E-state index in [1.54, 1.807) is 12.1 Å². The van der Waals surface area contributed by atoms with E-state index in [9.17, 15) is 0 Å². The van der Waals surface area contributed by atoms with E-state index in [2.05, 4.69) is 12.0 Å². The molecule has 0 aliphatic heterocycles. The minimum atomic E-state index is 0.655. The standard InChI is InChI=1S/C15H9N/c1-2-13-5-3-4-6-15(13)14-9-7-12(11-16)8-10-14/h1,3-10H. The zero-order valence-electron chi connectivity index (χ0n) is 8.64. The fourth-order valence-corrected chi connectivity index (χ4v) is 1.59. The Balaban J connectivity index is 2.52. The van der Waals surface area contributed by atoms with Gasteiger partial charge in [-0.15, -0.1) is 6.42 Å². The summed E-state index contributed by atoms with van der Waals surface area (Å²) in [6, 6.07) is 17.3. The van der Waals surface area contributed by atoms with Crippen LogP contribution in [0.15, 0.2) is 48.5 Å². The van der Waals surface area contributed by atoms with Gasteiger partial charge < -0.3 is 0 Å². The maximum atomic E-state index is 8.72. The summed E-state index contributed by atoms with van der Waals surface area (Å²) in [4.78, 5) is 0. The highest BCUT2D eigenvalue weighted by atomic mass is 14.2. The molecule has 0 aliphatic rings. The summed E-state index contributed by atoms with van der Waals surface area (Å²) >= 11 is 0. The third-order valence-electron chi connectivity index (χ3n) is 2.41. The lowest BCUT2D eigenvalue weighted by atomic mass is 9.99. The molecular formula is C15H9N. The van der Waals surface area contributed by atoms with Crippen LogP contribution in [0.2, 0.25) is 0 Å². The van der Waals surface area contributed by atoms with Crippen LogP contribution in [0.25, 0.3) is 11.1 Å². The first kappa shape index (κ1) is 10.0. The zero-order chi connectivity index (χ0) is 11.4. The zero-order valence-corrected chi connectivity index (χ0v) is 8.64. The van der Waals surface area contributed by atoms with Crippen molar-refractivity contribution >= 4 is 0 Å². The van der Waals surface area contributed by atoms with Crippen molar-refractivity contribution in [3.8, 4) is 29.5 Å². The second-order valence-corrected chi connectivity index (χ2v) is 3.38. The van der Waals surface area contributed by atoms with Crippen LogP contribution in [0, 0.1) is 23.7 Å². The summed E-state index contributed by atoms with van der Waals surface area (Å²) in [6.07, 6.45) is 5.44. The molecule has 0 unspecified atom stereocenters. The smallest absolute Gasteiger partial charge is 0.0991 e. The van der Waals surface area contributed by atoms with E-state index in [-0.39, 0.29) is 0 Å². The summed E-state index contributed by atoms with van der Waals surface area (Å²) in [5.41, 5.74) is 3.58. The number of hydrogen-bond donors (Lipinski definition) is 0. The highest BCUT2D eigenvalue weighted by Crippen LogP contribution is 2.23. The van der Waals surface area contributed by atoms with Gasteiger partial charge in [0.15, 0.2) is 0 Å². The monoisotopic (exact) mass is 203 g/mol. The van der Waals surface area contributed by atoms with Gasteiger partial charge in [-0.3, -0.25) is 0 Å². The van der Waals surface area contributed by atoms with Crippen molar-refractivity contribution in [2.24, 2.45) is 0 Å². The van der Waals surface area contributed by atoms with E-state index in [1.807, 2.05) is 36.4 Å². The van der Waals surface area contributed by atoms with E-state index in [0.29, 0.717) is 5.56 Å². The molecule has 2 rings (SSSR count). The van der Waals surface area contributed by atoms with Crippen molar-refractivity contribution in [1.29, 1.82) is 5.26 Å². The first-order chi connectivity index (χ1) is 7.85. The molecule has 0 radical (unpaired) electrons. The maximum absolute atomic E-state index is 8.72. The molecule has 1 nitrogen and oxygen atoms in total. The van der Waals surface area contributed by atoms with Crippen LogP contribution >= 0.6 is 0 Å². The van der Waals surface area contributed by atoms with Crippen LogP contribution in [0.4, 0.5) is 0 Å². The Kier molecular flexibility index (Phi) is 2.72. The molecule has 0 atom stereocenters. The van der Waals surface area contributed by atoms with Crippen LogP contribution in [0.1, 0.15) is 11.1 Å². The predicted molar refractivity (Wildman–Crippen MR) is 64.5 cm³/mol. The van der Waals surface area contributed by atoms with E-state index in [4.69, 9.17) is 11.7 Å². The van der Waals surface area contributed by atoms with Gasteiger partial charge in [0.05, 0.1) is 11.6 Å². The average Bonchev–Trinajstić information content (AvgIpc) is 2.39. The first-order valence-electron chi connectivity index (χ1n) is 4.91. The summed E-state index contributed by atoms with van der Waals surface area (Å²) in [5, 5.41) is 8.72. The molecule has 0 saturated heterocycles. The summed E-state index contributed by atoms with van der Waals surface area (Å²) in [7, 11) is 0. The fraction of sp³-hybridized carbons (Fsp3) is 0. The van der Waals surface area contributed by atoms with Gasteiger partial charge in [0.2, 0.25) is 0 Å². The Labute approximate surface area is 95.0 Å². The third kappa shape index (κ3) is 1.80. The molecular weight excluding hydrogens is 194 g/mol. The highest BCUT2D eigenvalue weighted by molar-refractivity contribution is 5.71. The molecule has 0 amide bonds. The molecule has 0 N–H and O–H groups in total. The Morgan fingerprint density at radius 3 is 2.25 bits per heavy atom. The largest absolute Gasteiger partial charge is 0.192 e. The Morgan fingerprint density at radius 1 is 0.938 bits per heavy atom. The van der Waals surface area contributed by atoms with Crippen molar-refractivity contribution < 1.29 is 0 Å². The van der Waals surface area contributed by atoms with E-state index >= 15 is 0 Å². The number of rotatable bonds is 1. The second-order valence-electron chi connectivity index (χ2n) is 3.38. The molecule has 0 aromatic heterocycles. The summed E-state index contributed by atoms with van der Waals surface area (Å²) < 4.78 is 0. The van der Waals surface area contributed by atoms with Crippen LogP contribution in [-0.2, 0) is 0 Å². The maximum Gasteiger partial charge on any atom is 0.0991 e. The van der Waals surface area contributed by atoms with Crippen LogP contribution in [0.3, 0.4) is 0 Å². The van der Waals surface area contributed by atoms with Gasteiger partial charge in [-0.1, -0.05) is 36.3 Å². The fourth-order valence-electron chi connectivity index (χ4n) is 1.59. The second kappa shape index (κ2) is 4.34. The van der Waals surface area contributed by atoms with Gasteiger partial charge in [-0.2, -0.15) is 5.26 Å². The van der Waals surface area contributed by atoms with Crippen molar-refractivity contribution in [3.63, 3.8) is 0 Å². The third-order valence-corrected chi connectivity index (χ3v) is 2.41. The number of nitrogens with zero attached hydrogens (tertiary/aromatic N) is 1. The SMILES string of the molecule is C#Cc1ccccc1-c1ccc(C#N)cc1. The van der Waals surface area contributed by atoms with Gasteiger partial charge in [-0.05, 0) is 29.3 Å². The summed E-state index contributed by atoms with van der Waals surface area (Å²) in [6.45, 7) is 0. The number of nitriles is 1. The van der Waals surface area contributed by atoms with E-state index < -0.39 is 0 Å². The molecule has 0 fully saturated rings. The van der Waals surface area contributed by atoms with Crippen molar-refractivity contribution in [2.75, 3.05) is 0 Å². The predicted octanol–water partition coefficient (Wildman–Crippen LogP) is 3.21. The lowest BCUT2D eigenvalue weighted by molar-refractivity contribution is 1.48. The van der Waals surface area contributed by atoms with Crippen molar-refractivity contribution in [3.05, 3.63) is 59.7 Å². The Hall–Kier alpha value is -2.51. The normalized spacial score (nSPS) is 9.12. The quantitative estimate of drug-likeness (QED) is 0.653. The summed E-state index contributed by atoms with van der Waals surface area (Å²) in [5.74, 6) is 2.66. The minimum absolute atomic E-state index is 0.655. The molecule has 0 spiro atoms.